The van der Waals surface area contributed by atoms with Crippen LogP contribution in [0.2, 0.25) is 0 Å². The molecule has 1 saturated heterocycles. The number of fused-ring (bicyclic) bond motifs is 1. The van der Waals surface area contributed by atoms with E-state index >= 15 is 0 Å². The van der Waals surface area contributed by atoms with Crippen LogP contribution in [-0.2, 0) is 13.6 Å². The number of rotatable bonds is 5. The van der Waals surface area contributed by atoms with Crippen molar-refractivity contribution in [2.75, 3.05) is 10.6 Å². The second kappa shape index (κ2) is 8.52. The van der Waals surface area contributed by atoms with E-state index in [9.17, 15) is 0 Å². The topological polar surface area (TPSA) is 67.7 Å². The van der Waals surface area contributed by atoms with E-state index in [1.165, 1.54) is 0 Å². The molecule has 0 amide bonds. The van der Waals surface area contributed by atoms with Crippen LogP contribution in [0.15, 0.2) is 28.9 Å². The third-order valence-corrected chi connectivity index (χ3v) is 7.42. The number of hydrogen-bond donors (Lipinski definition) is 2. The SMILES string of the molecule is Cc1ncc(CNc2nc(NC3CC(C)SC(C)C3)nc3c(Br)cccc23)n1C. The highest BCUT2D eigenvalue weighted by Crippen LogP contribution is 2.33. The predicted molar refractivity (Wildman–Crippen MR) is 126 cm³/mol. The van der Waals surface area contributed by atoms with Crippen LogP contribution in [0.25, 0.3) is 10.9 Å². The van der Waals surface area contributed by atoms with Crippen LogP contribution in [0.4, 0.5) is 11.8 Å². The van der Waals surface area contributed by atoms with Crippen molar-refractivity contribution in [3.63, 3.8) is 0 Å². The van der Waals surface area contributed by atoms with Crippen LogP contribution in [-0.4, -0.2) is 36.1 Å². The lowest BCUT2D eigenvalue weighted by Crippen LogP contribution is -2.32. The van der Waals surface area contributed by atoms with Gasteiger partial charge in [0, 0.05) is 33.4 Å². The number of para-hydroxylation sites is 1. The molecule has 29 heavy (non-hydrogen) atoms. The first kappa shape index (κ1) is 20.5. The molecule has 154 valence electrons. The first-order chi connectivity index (χ1) is 13.9. The number of aromatic nitrogens is 4. The Kier molecular flexibility index (Phi) is 6.01. The van der Waals surface area contributed by atoms with Gasteiger partial charge in [-0.2, -0.15) is 16.7 Å². The van der Waals surface area contributed by atoms with Crippen LogP contribution in [0.5, 0.6) is 0 Å². The molecule has 2 N–H and O–H groups in total. The van der Waals surface area contributed by atoms with Crippen LogP contribution < -0.4 is 10.6 Å². The maximum atomic E-state index is 4.85. The normalized spacial score (nSPS) is 22.0. The number of aryl methyl sites for hydroxylation is 1. The highest BCUT2D eigenvalue weighted by atomic mass is 79.9. The summed E-state index contributed by atoms with van der Waals surface area (Å²) in [6.07, 6.45) is 4.16. The molecule has 0 bridgehead atoms. The van der Waals surface area contributed by atoms with Gasteiger partial charge in [0.05, 0.1) is 24.0 Å². The summed E-state index contributed by atoms with van der Waals surface area (Å²) < 4.78 is 3.06. The van der Waals surface area contributed by atoms with Crippen LogP contribution in [0.3, 0.4) is 0 Å². The second-order valence-corrected chi connectivity index (χ2v) is 10.5. The molecule has 1 aromatic carbocycles. The molecule has 6 nitrogen and oxygen atoms in total. The zero-order chi connectivity index (χ0) is 20.5. The van der Waals surface area contributed by atoms with E-state index in [1.807, 2.05) is 32.3 Å². The maximum absolute atomic E-state index is 4.85. The quantitative estimate of drug-likeness (QED) is 0.533. The Morgan fingerprint density at radius 1 is 1.21 bits per heavy atom. The Balaban J connectivity index is 1.63. The minimum absolute atomic E-state index is 0.397. The maximum Gasteiger partial charge on any atom is 0.225 e. The second-order valence-electron chi connectivity index (χ2n) is 7.81. The molecule has 1 aliphatic rings. The zero-order valence-corrected chi connectivity index (χ0v) is 19.6. The molecule has 0 radical (unpaired) electrons. The fourth-order valence-corrected chi connectivity index (χ4v) is 5.84. The largest absolute Gasteiger partial charge is 0.364 e. The monoisotopic (exact) mass is 474 g/mol. The number of nitrogens with one attached hydrogen (secondary N) is 2. The third kappa shape index (κ3) is 4.53. The summed E-state index contributed by atoms with van der Waals surface area (Å²) in [5, 5.41) is 9.40. The van der Waals surface area contributed by atoms with Gasteiger partial charge >= 0.3 is 0 Å². The van der Waals surface area contributed by atoms with Crippen molar-refractivity contribution in [2.24, 2.45) is 7.05 Å². The smallest absolute Gasteiger partial charge is 0.225 e. The van der Waals surface area contributed by atoms with Crippen molar-refractivity contribution < 1.29 is 0 Å². The van der Waals surface area contributed by atoms with E-state index < -0.39 is 0 Å². The van der Waals surface area contributed by atoms with Gasteiger partial charge in [-0.05, 0) is 47.8 Å². The van der Waals surface area contributed by atoms with E-state index in [-0.39, 0.29) is 0 Å². The molecule has 8 heteroatoms. The summed E-state index contributed by atoms with van der Waals surface area (Å²) in [6.45, 7) is 7.27. The van der Waals surface area contributed by atoms with Crippen molar-refractivity contribution >= 4 is 50.4 Å². The summed E-state index contributed by atoms with van der Waals surface area (Å²) in [4.78, 5) is 14.1. The number of nitrogens with zero attached hydrogens (tertiary/aromatic N) is 4. The minimum Gasteiger partial charge on any atom is -0.364 e. The number of hydrogen-bond acceptors (Lipinski definition) is 6. The average molecular weight is 475 g/mol. The summed E-state index contributed by atoms with van der Waals surface area (Å²) in [7, 11) is 2.03. The molecule has 0 aliphatic carbocycles. The molecule has 3 aromatic rings. The number of benzene rings is 1. The zero-order valence-electron chi connectivity index (χ0n) is 17.2. The first-order valence-electron chi connectivity index (χ1n) is 10.00. The van der Waals surface area contributed by atoms with Gasteiger partial charge in [-0.15, -0.1) is 0 Å². The van der Waals surface area contributed by atoms with Crippen molar-refractivity contribution in [2.45, 2.75) is 56.7 Å². The van der Waals surface area contributed by atoms with Crippen molar-refractivity contribution in [3.8, 4) is 0 Å². The fraction of sp³-hybridized carbons (Fsp3) is 0.476. The highest BCUT2D eigenvalue weighted by molar-refractivity contribution is 9.10. The molecule has 0 spiro atoms. The van der Waals surface area contributed by atoms with Crippen LogP contribution >= 0.6 is 27.7 Å². The van der Waals surface area contributed by atoms with E-state index in [0.717, 1.165) is 45.6 Å². The van der Waals surface area contributed by atoms with Gasteiger partial charge in [-0.25, -0.2) is 9.97 Å². The summed E-state index contributed by atoms with van der Waals surface area (Å²) >= 11 is 5.72. The molecular weight excluding hydrogens is 448 g/mol. The molecule has 2 atom stereocenters. The number of halogens is 1. The van der Waals surface area contributed by atoms with Crippen LogP contribution in [0.1, 0.15) is 38.2 Å². The van der Waals surface area contributed by atoms with Crippen molar-refractivity contribution in [3.05, 3.63) is 40.4 Å². The standard InChI is InChI=1S/C21H27BrN6S/c1-12-8-15(9-13(2)29-12)25-21-26-19-17(6-5-7-18(19)22)20(27-21)24-11-16-10-23-14(3)28(16)4/h5-7,10,12-13,15H,8-9,11H2,1-4H3,(H2,24,25,26,27). The summed E-state index contributed by atoms with van der Waals surface area (Å²) in [5.74, 6) is 2.52. The first-order valence-corrected chi connectivity index (χ1v) is 11.7. The Labute approximate surface area is 184 Å². The van der Waals surface area contributed by atoms with Gasteiger partial charge in [0.2, 0.25) is 5.95 Å². The van der Waals surface area contributed by atoms with Gasteiger partial charge in [0.15, 0.2) is 0 Å². The highest BCUT2D eigenvalue weighted by Gasteiger charge is 2.25. The average Bonchev–Trinajstić information content (AvgIpc) is 2.98. The Morgan fingerprint density at radius 3 is 2.66 bits per heavy atom. The summed E-state index contributed by atoms with van der Waals surface area (Å²) in [5.41, 5.74) is 2.03. The van der Waals surface area contributed by atoms with Gasteiger partial charge in [0.25, 0.3) is 0 Å². The Hall–Kier alpha value is -1.80. The summed E-state index contributed by atoms with van der Waals surface area (Å²) in [6, 6.07) is 6.50. The van der Waals surface area contributed by atoms with Gasteiger partial charge in [-0.3, -0.25) is 0 Å². The van der Waals surface area contributed by atoms with Crippen LogP contribution in [0, 0.1) is 6.92 Å². The molecule has 1 aliphatic heterocycles. The molecule has 2 unspecified atom stereocenters. The lowest BCUT2D eigenvalue weighted by molar-refractivity contribution is 0.571. The minimum atomic E-state index is 0.397. The lowest BCUT2D eigenvalue weighted by atomic mass is 10.1. The van der Waals surface area contributed by atoms with E-state index in [4.69, 9.17) is 9.97 Å². The molecule has 0 saturated carbocycles. The Morgan fingerprint density at radius 2 is 1.97 bits per heavy atom. The number of imidazole rings is 1. The van der Waals surface area contributed by atoms with Crippen molar-refractivity contribution in [1.82, 2.24) is 19.5 Å². The van der Waals surface area contributed by atoms with Gasteiger partial charge in [0.1, 0.15) is 11.6 Å². The molecule has 3 heterocycles. The van der Waals surface area contributed by atoms with Crippen molar-refractivity contribution in [1.29, 1.82) is 0 Å². The molecule has 1 fully saturated rings. The third-order valence-electron chi connectivity index (χ3n) is 5.46. The van der Waals surface area contributed by atoms with Gasteiger partial charge < -0.3 is 15.2 Å². The fourth-order valence-electron chi connectivity index (χ4n) is 3.91. The molecule has 4 rings (SSSR count). The lowest BCUT2D eigenvalue weighted by Gasteiger charge is -2.31. The van der Waals surface area contributed by atoms with E-state index in [2.05, 4.69) is 67.8 Å². The number of anilines is 2. The van der Waals surface area contributed by atoms with E-state index in [0.29, 0.717) is 29.0 Å². The molecular formula is C21H27BrN6S. The number of thioether (sulfide) groups is 1. The predicted octanol–water partition coefficient (Wildman–Crippen LogP) is 5.13. The van der Waals surface area contributed by atoms with E-state index in [1.54, 1.807) is 0 Å². The molecule has 2 aromatic heterocycles. The Bertz CT molecular complexity index is 1010. The van der Waals surface area contributed by atoms with Gasteiger partial charge in [-0.1, -0.05) is 19.9 Å².